The minimum Gasteiger partial charge on any atom is -0.464 e. The second-order valence-electron chi connectivity index (χ2n) is 5.28. The molecule has 0 radical (unpaired) electrons. The monoisotopic (exact) mass is 327 g/mol. The summed E-state index contributed by atoms with van der Waals surface area (Å²) in [6.07, 6.45) is 6.89. The molecule has 3 atom stereocenters. The van der Waals surface area contributed by atoms with Gasteiger partial charge in [0.2, 0.25) is 0 Å². The molecule has 0 aromatic carbocycles. The summed E-state index contributed by atoms with van der Waals surface area (Å²) >= 11 is 1.46. The molecule has 1 aromatic heterocycles. The predicted octanol–water partition coefficient (Wildman–Crippen LogP) is 1.84. The first kappa shape index (κ1) is 16.8. The molecular weight excluding hydrogens is 306 g/mol. The molecule has 1 aliphatic carbocycles. The maximum Gasteiger partial charge on any atom is 0.360 e. The highest BCUT2D eigenvalue weighted by Crippen LogP contribution is 2.31. The molecule has 3 unspecified atom stereocenters. The zero-order valence-corrected chi connectivity index (χ0v) is 13.8. The van der Waals surface area contributed by atoms with Crippen LogP contribution in [0, 0.1) is 0 Å². The fourth-order valence-corrected chi connectivity index (χ4v) is 2.74. The molecule has 22 heavy (non-hydrogen) atoms. The van der Waals surface area contributed by atoms with Crippen LogP contribution < -0.4 is 0 Å². The summed E-state index contributed by atoms with van der Waals surface area (Å²) in [5, 5.41) is 7.63. The number of thioether (sulfide) groups is 1. The number of methoxy groups -OCH3 is 1. The van der Waals surface area contributed by atoms with Gasteiger partial charge in [-0.3, -0.25) is 4.79 Å². The van der Waals surface area contributed by atoms with E-state index in [-0.39, 0.29) is 29.1 Å². The van der Waals surface area contributed by atoms with E-state index in [1.54, 1.807) is 10.9 Å². The Bertz CT molecular complexity index is 534. The first-order valence-electron chi connectivity index (χ1n) is 7.30. The first-order chi connectivity index (χ1) is 10.6. The van der Waals surface area contributed by atoms with Crippen molar-refractivity contribution in [2.24, 2.45) is 0 Å². The third-order valence-corrected chi connectivity index (χ3v) is 4.76. The second-order valence-corrected chi connectivity index (χ2v) is 6.46. The van der Waals surface area contributed by atoms with Crippen molar-refractivity contribution in [3.8, 4) is 0 Å². The Hall–Kier alpha value is -1.57. The van der Waals surface area contributed by atoms with Crippen LogP contribution >= 0.6 is 11.8 Å². The number of rotatable bonds is 5. The van der Waals surface area contributed by atoms with Crippen LogP contribution in [0.5, 0.6) is 0 Å². The van der Waals surface area contributed by atoms with Crippen LogP contribution in [0.15, 0.2) is 6.20 Å². The molecule has 0 spiro atoms. The van der Waals surface area contributed by atoms with E-state index in [2.05, 4.69) is 15.0 Å². The maximum absolute atomic E-state index is 12.0. The van der Waals surface area contributed by atoms with Gasteiger partial charge in [0.15, 0.2) is 5.69 Å². The van der Waals surface area contributed by atoms with Gasteiger partial charge in [-0.25, -0.2) is 9.48 Å². The average molecular weight is 327 g/mol. The van der Waals surface area contributed by atoms with Crippen molar-refractivity contribution in [2.45, 2.75) is 50.0 Å². The van der Waals surface area contributed by atoms with E-state index in [9.17, 15) is 9.59 Å². The van der Waals surface area contributed by atoms with Gasteiger partial charge in [0.1, 0.15) is 6.10 Å². The zero-order valence-electron chi connectivity index (χ0n) is 13.0. The zero-order chi connectivity index (χ0) is 16.1. The SMILES string of the molecule is COC(=O)c1cn(C2CCCCC2OC(=O)C(C)SC)nn1. The lowest BCUT2D eigenvalue weighted by Gasteiger charge is -2.31. The lowest BCUT2D eigenvalue weighted by molar-refractivity contribution is -0.152. The van der Waals surface area contributed by atoms with E-state index in [4.69, 9.17) is 4.74 Å². The highest BCUT2D eigenvalue weighted by atomic mass is 32.2. The third-order valence-electron chi connectivity index (χ3n) is 3.87. The molecule has 1 fully saturated rings. The highest BCUT2D eigenvalue weighted by Gasteiger charge is 2.32. The van der Waals surface area contributed by atoms with E-state index in [0.29, 0.717) is 0 Å². The summed E-state index contributed by atoms with van der Waals surface area (Å²) in [6.45, 7) is 1.83. The van der Waals surface area contributed by atoms with Crippen molar-refractivity contribution in [1.29, 1.82) is 0 Å². The minimum absolute atomic E-state index is 0.0855. The molecule has 122 valence electrons. The van der Waals surface area contributed by atoms with E-state index in [0.717, 1.165) is 25.7 Å². The Labute approximate surface area is 133 Å². The fourth-order valence-electron chi connectivity index (χ4n) is 2.50. The number of aromatic nitrogens is 3. The number of nitrogens with zero attached hydrogens (tertiary/aromatic N) is 3. The van der Waals surface area contributed by atoms with Crippen molar-refractivity contribution < 1.29 is 19.1 Å². The minimum atomic E-state index is -0.522. The smallest absolute Gasteiger partial charge is 0.360 e. The largest absolute Gasteiger partial charge is 0.464 e. The molecule has 0 aliphatic heterocycles. The highest BCUT2D eigenvalue weighted by molar-refractivity contribution is 7.99. The molecule has 0 N–H and O–H groups in total. The Morgan fingerprint density at radius 2 is 2.14 bits per heavy atom. The molecule has 1 aliphatic rings. The number of esters is 2. The van der Waals surface area contributed by atoms with E-state index < -0.39 is 5.97 Å². The molecule has 1 aromatic rings. The fraction of sp³-hybridized carbons (Fsp3) is 0.714. The summed E-state index contributed by atoms with van der Waals surface area (Å²) in [6, 6.07) is -0.0855. The van der Waals surface area contributed by atoms with Gasteiger partial charge in [-0.05, 0) is 32.4 Å². The van der Waals surface area contributed by atoms with E-state index in [1.165, 1.54) is 18.9 Å². The molecule has 7 nitrogen and oxygen atoms in total. The van der Waals surface area contributed by atoms with Crippen LogP contribution in [0.3, 0.4) is 0 Å². The molecule has 1 saturated carbocycles. The van der Waals surface area contributed by atoms with Gasteiger partial charge >= 0.3 is 11.9 Å². The number of hydrogen-bond acceptors (Lipinski definition) is 7. The topological polar surface area (TPSA) is 83.3 Å². The number of ether oxygens (including phenoxy) is 2. The molecule has 2 rings (SSSR count). The molecule has 8 heteroatoms. The standard InChI is InChI=1S/C14H21N3O4S/c1-9(22-3)13(18)21-12-7-5-4-6-11(12)17-8-10(15-16-17)14(19)20-2/h8-9,11-12H,4-7H2,1-3H3. The molecule has 1 heterocycles. The van der Waals surface area contributed by atoms with Crippen molar-refractivity contribution in [1.82, 2.24) is 15.0 Å². The van der Waals surface area contributed by atoms with Crippen LogP contribution in [-0.4, -0.2) is 51.7 Å². The van der Waals surface area contributed by atoms with Gasteiger partial charge < -0.3 is 9.47 Å². The lowest BCUT2D eigenvalue weighted by atomic mass is 9.92. The Morgan fingerprint density at radius 1 is 1.41 bits per heavy atom. The van der Waals surface area contributed by atoms with Gasteiger partial charge in [-0.2, -0.15) is 11.8 Å². The molecule has 0 bridgehead atoms. The van der Waals surface area contributed by atoms with E-state index in [1.807, 2.05) is 13.2 Å². The van der Waals surface area contributed by atoms with Gasteiger partial charge in [0, 0.05) is 0 Å². The van der Waals surface area contributed by atoms with Crippen molar-refractivity contribution in [3.63, 3.8) is 0 Å². The summed E-state index contributed by atoms with van der Waals surface area (Å²) in [5.41, 5.74) is 0.163. The summed E-state index contributed by atoms with van der Waals surface area (Å²) in [7, 11) is 1.30. The summed E-state index contributed by atoms with van der Waals surface area (Å²) in [5.74, 6) is -0.732. The van der Waals surface area contributed by atoms with Crippen molar-refractivity contribution in [2.75, 3.05) is 13.4 Å². The third kappa shape index (κ3) is 3.79. The van der Waals surface area contributed by atoms with Gasteiger partial charge in [0.25, 0.3) is 0 Å². The number of carbonyl (C=O) groups is 2. The molecule has 0 amide bonds. The normalized spacial score (nSPS) is 22.9. The Morgan fingerprint density at radius 3 is 2.82 bits per heavy atom. The lowest BCUT2D eigenvalue weighted by Crippen LogP contribution is -2.34. The van der Waals surface area contributed by atoms with Crippen LogP contribution in [0.2, 0.25) is 0 Å². The Balaban J connectivity index is 2.10. The van der Waals surface area contributed by atoms with Crippen LogP contribution in [0.1, 0.15) is 49.1 Å². The summed E-state index contributed by atoms with van der Waals surface area (Å²) in [4.78, 5) is 23.5. The molecule has 0 saturated heterocycles. The quantitative estimate of drug-likeness (QED) is 0.763. The second kappa shape index (κ2) is 7.62. The van der Waals surface area contributed by atoms with Crippen LogP contribution in [-0.2, 0) is 14.3 Å². The van der Waals surface area contributed by atoms with Crippen molar-refractivity contribution >= 4 is 23.7 Å². The maximum atomic E-state index is 12.0. The van der Waals surface area contributed by atoms with Crippen LogP contribution in [0.25, 0.3) is 0 Å². The van der Waals surface area contributed by atoms with Gasteiger partial charge in [0.05, 0.1) is 24.6 Å². The number of carbonyl (C=O) groups excluding carboxylic acids is 2. The van der Waals surface area contributed by atoms with Crippen molar-refractivity contribution in [3.05, 3.63) is 11.9 Å². The number of hydrogen-bond donors (Lipinski definition) is 0. The van der Waals surface area contributed by atoms with E-state index >= 15 is 0 Å². The van der Waals surface area contributed by atoms with Crippen LogP contribution in [0.4, 0.5) is 0 Å². The Kier molecular flexibility index (Phi) is 5.82. The average Bonchev–Trinajstić information content (AvgIpc) is 3.03. The first-order valence-corrected chi connectivity index (χ1v) is 8.59. The summed E-state index contributed by atoms with van der Waals surface area (Å²) < 4.78 is 11.9. The predicted molar refractivity (Wildman–Crippen MR) is 81.7 cm³/mol. The van der Waals surface area contributed by atoms with Gasteiger partial charge in [-0.15, -0.1) is 5.10 Å². The van der Waals surface area contributed by atoms with Gasteiger partial charge in [-0.1, -0.05) is 11.6 Å². The molecular formula is C14H21N3O4S.